The number of alkyl halides is 3. The summed E-state index contributed by atoms with van der Waals surface area (Å²) in [6.07, 6.45) is -1.39. The lowest BCUT2D eigenvalue weighted by Gasteiger charge is -2.10. The Morgan fingerprint density at radius 2 is 1.93 bits per heavy atom. The lowest BCUT2D eigenvalue weighted by atomic mass is 10.1. The second-order valence-electron chi connectivity index (χ2n) is 6.18. The van der Waals surface area contributed by atoms with E-state index in [1.807, 2.05) is 0 Å². The van der Waals surface area contributed by atoms with Crippen molar-refractivity contribution in [3.63, 3.8) is 0 Å². The van der Waals surface area contributed by atoms with Crippen molar-refractivity contribution in [3.8, 4) is 11.3 Å². The zero-order valence-electron chi connectivity index (χ0n) is 14.8. The highest BCUT2D eigenvalue weighted by molar-refractivity contribution is 7.13. The molecule has 146 valence electrons. The minimum Gasteiger partial charge on any atom is -0.302 e. The second-order valence-corrected chi connectivity index (χ2v) is 7.08. The molecule has 0 unspecified atom stereocenters. The molecular weight excluding hydrogens is 401 g/mol. The molecule has 0 fully saturated rings. The van der Waals surface area contributed by atoms with Crippen molar-refractivity contribution in [3.05, 3.63) is 71.4 Å². The highest BCUT2D eigenvalue weighted by atomic mass is 32.1. The van der Waals surface area contributed by atoms with E-state index in [1.165, 1.54) is 23.6 Å². The van der Waals surface area contributed by atoms with Gasteiger partial charge in [0.05, 0.1) is 34.9 Å². The van der Waals surface area contributed by atoms with Gasteiger partial charge < -0.3 is 5.32 Å². The summed E-state index contributed by atoms with van der Waals surface area (Å²) < 4.78 is 39.0. The summed E-state index contributed by atoms with van der Waals surface area (Å²) >= 11 is 1.31. The maximum atomic E-state index is 13.0. The number of aromatic nitrogens is 3. The first-order chi connectivity index (χ1) is 13.9. The number of hydrogen-bond acceptors (Lipinski definition) is 5. The zero-order valence-corrected chi connectivity index (χ0v) is 15.6. The Hall–Kier alpha value is -3.33. The number of nitrogens with one attached hydrogen (secondary N) is 1. The molecule has 0 aliphatic carbocycles. The smallest absolute Gasteiger partial charge is 0.302 e. The van der Waals surface area contributed by atoms with Gasteiger partial charge in [0.2, 0.25) is 5.91 Å². The molecule has 0 bridgehead atoms. The molecule has 1 N–H and O–H groups in total. The Labute approximate surface area is 167 Å². The van der Waals surface area contributed by atoms with Crippen LogP contribution in [0.3, 0.4) is 0 Å². The average Bonchev–Trinajstić information content (AvgIpc) is 3.20. The SMILES string of the molecule is O=C(Cc1cccc2ncc(-c3cccc(C(F)(F)F)c3)nc12)Nc1nccs1. The zero-order chi connectivity index (χ0) is 20.4. The molecule has 1 amide bonds. The van der Waals surface area contributed by atoms with Crippen LogP contribution >= 0.6 is 11.3 Å². The van der Waals surface area contributed by atoms with E-state index < -0.39 is 11.7 Å². The Morgan fingerprint density at radius 1 is 1.10 bits per heavy atom. The van der Waals surface area contributed by atoms with E-state index in [2.05, 4.69) is 20.3 Å². The van der Waals surface area contributed by atoms with Gasteiger partial charge in [-0.1, -0.05) is 24.3 Å². The minimum atomic E-state index is -4.45. The number of fused-ring (bicyclic) bond motifs is 1. The normalized spacial score (nSPS) is 11.6. The molecule has 29 heavy (non-hydrogen) atoms. The number of thiazole rings is 1. The molecule has 2 aromatic heterocycles. The van der Waals surface area contributed by atoms with Gasteiger partial charge in [-0.15, -0.1) is 11.3 Å². The number of hydrogen-bond donors (Lipinski definition) is 1. The van der Waals surface area contributed by atoms with Crippen LogP contribution in [0.2, 0.25) is 0 Å². The van der Waals surface area contributed by atoms with E-state index >= 15 is 0 Å². The first kappa shape index (κ1) is 19.0. The highest BCUT2D eigenvalue weighted by Crippen LogP contribution is 2.32. The number of carbonyl (C=O) groups excluding carboxylic acids is 1. The maximum absolute atomic E-state index is 13.0. The van der Waals surface area contributed by atoms with Crippen LogP contribution in [0.15, 0.2) is 60.2 Å². The van der Waals surface area contributed by atoms with Crippen LogP contribution in [0.5, 0.6) is 0 Å². The first-order valence-corrected chi connectivity index (χ1v) is 9.40. The summed E-state index contributed by atoms with van der Waals surface area (Å²) in [7, 11) is 0. The lowest BCUT2D eigenvalue weighted by molar-refractivity contribution is -0.137. The van der Waals surface area contributed by atoms with E-state index in [9.17, 15) is 18.0 Å². The summed E-state index contributed by atoms with van der Waals surface area (Å²) in [5.74, 6) is -0.265. The molecule has 0 aliphatic heterocycles. The molecular formula is C20H13F3N4OS. The first-order valence-electron chi connectivity index (χ1n) is 8.52. The van der Waals surface area contributed by atoms with E-state index in [0.717, 1.165) is 12.1 Å². The number of amides is 1. The molecule has 2 aromatic carbocycles. The number of para-hydroxylation sites is 1. The fourth-order valence-electron chi connectivity index (χ4n) is 2.85. The van der Waals surface area contributed by atoms with Crippen molar-refractivity contribution in [1.29, 1.82) is 0 Å². The Balaban J connectivity index is 1.68. The van der Waals surface area contributed by atoms with E-state index in [4.69, 9.17) is 0 Å². The van der Waals surface area contributed by atoms with E-state index in [0.29, 0.717) is 33.0 Å². The topological polar surface area (TPSA) is 67.8 Å². The van der Waals surface area contributed by atoms with Gasteiger partial charge in [0.25, 0.3) is 0 Å². The predicted octanol–water partition coefficient (Wildman–Crippen LogP) is 4.95. The van der Waals surface area contributed by atoms with Gasteiger partial charge in [0, 0.05) is 17.1 Å². The van der Waals surface area contributed by atoms with Crippen molar-refractivity contribution in [1.82, 2.24) is 15.0 Å². The van der Waals surface area contributed by atoms with Gasteiger partial charge in [-0.05, 0) is 23.8 Å². The molecule has 5 nitrogen and oxygen atoms in total. The molecule has 2 heterocycles. The standard InChI is InChI=1S/C20H13F3N4OS/c21-20(22,23)14-5-1-3-12(9-14)16-11-25-15-6-2-4-13(18(15)26-16)10-17(28)27-19-24-7-8-29-19/h1-9,11H,10H2,(H,24,27,28). The van der Waals surface area contributed by atoms with Crippen LogP contribution in [0.4, 0.5) is 18.3 Å². The molecule has 0 atom stereocenters. The number of benzene rings is 2. The van der Waals surface area contributed by atoms with Crippen molar-refractivity contribution >= 4 is 33.4 Å². The van der Waals surface area contributed by atoms with Crippen molar-refractivity contribution < 1.29 is 18.0 Å². The fraction of sp³-hybridized carbons (Fsp3) is 0.100. The molecule has 4 rings (SSSR count). The highest BCUT2D eigenvalue weighted by Gasteiger charge is 2.30. The van der Waals surface area contributed by atoms with Crippen LogP contribution in [0.1, 0.15) is 11.1 Å². The number of nitrogens with zero attached hydrogens (tertiary/aromatic N) is 3. The van der Waals surface area contributed by atoms with Gasteiger partial charge in [-0.2, -0.15) is 13.2 Å². The summed E-state index contributed by atoms with van der Waals surface area (Å²) in [6.45, 7) is 0. The molecule has 4 aromatic rings. The van der Waals surface area contributed by atoms with Crippen LogP contribution in [-0.4, -0.2) is 20.9 Å². The van der Waals surface area contributed by atoms with Crippen LogP contribution in [0, 0.1) is 0 Å². The Bertz CT molecular complexity index is 1180. The summed E-state index contributed by atoms with van der Waals surface area (Å²) in [6, 6.07) is 10.2. The second kappa shape index (κ2) is 7.59. The Morgan fingerprint density at radius 3 is 2.69 bits per heavy atom. The van der Waals surface area contributed by atoms with E-state index in [1.54, 1.807) is 35.8 Å². The molecule has 0 radical (unpaired) electrons. The van der Waals surface area contributed by atoms with Gasteiger partial charge >= 0.3 is 6.18 Å². The van der Waals surface area contributed by atoms with Crippen LogP contribution < -0.4 is 5.32 Å². The lowest BCUT2D eigenvalue weighted by Crippen LogP contribution is -2.14. The van der Waals surface area contributed by atoms with Crippen molar-refractivity contribution in [2.45, 2.75) is 12.6 Å². The van der Waals surface area contributed by atoms with Crippen LogP contribution in [-0.2, 0) is 17.4 Å². The predicted molar refractivity (Wildman–Crippen MR) is 104 cm³/mol. The summed E-state index contributed by atoms with van der Waals surface area (Å²) in [5, 5.41) is 4.94. The molecule has 0 spiro atoms. The Kier molecular flexibility index (Phi) is 4.98. The maximum Gasteiger partial charge on any atom is 0.416 e. The van der Waals surface area contributed by atoms with Crippen molar-refractivity contribution in [2.75, 3.05) is 5.32 Å². The monoisotopic (exact) mass is 414 g/mol. The third-order valence-corrected chi connectivity index (χ3v) is 4.86. The number of halogens is 3. The summed E-state index contributed by atoms with van der Waals surface area (Å²) in [5.41, 5.74) is 1.50. The third-order valence-electron chi connectivity index (χ3n) is 4.17. The van der Waals surface area contributed by atoms with Gasteiger partial charge in [-0.25, -0.2) is 9.97 Å². The largest absolute Gasteiger partial charge is 0.416 e. The van der Waals surface area contributed by atoms with Gasteiger partial charge in [0.15, 0.2) is 5.13 Å². The summed E-state index contributed by atoms with van der Waals surface area (Å²) in [4.78, 5) is 25.1. The number of anilines is 1. The molecule has 0 aliphatic rings. The number of carbonyl (C=O) groups is 1. The third kappa shape index (κ3) is 4.24. The van der Waals surface area contributed by atoms with E-state index in [-0.39, 0.29) is 12.3 Å². The molecule has 0 saturated heterocycles. The van der Waals surface area contributed by atoms with Crippen LogP contribution in [0.25, 0.3) is 22.3 Å². The quantitative estimate of drug-likeness (QED) is 0.513. The fourth-order valence-corrected chi connectivity index (χ4v) is 3.39. The number of rotatable bonds is 4. The molecule has 9 heteroatoms. The van der Waals surface area contributed by atoms with Gasteiger partial charge in [-0.3, -0.25) is 9.78 Å². The molecule has 0 saturated carbocycles. The van der Waals surface area contributed by atoms with Crippen molar-refractivity contribution in [2.24, 2.45) is 0 Å². The van der Waals surface area contributed by atoms with Gasteiger partial charge in [0.1, 0.15) is 0 Å². The average molecular weight is 414 g/mol. The minimum absolute atomic E-state index is 0.0393.